The van der Waals surface area contributed by atoms with Gasteiger partial charge in [-0.05, 0) is 32.4 Å². The number of hydrogen-bond donors (Lipinski definition) is 3. The van der Waals surface area contributed by atoms with Crippen molar-refractivity contribution in [3.05, 3.63) is 17.0 Å². The van der Waals surface area contributed by atoms with Gasteiger partial charge in [0.25, 0.3) is 5.91 Å². The normalized spacial score (nSPS) is 20.0. The molecule has 5 N–H and O–H groups in total. The number of piperazine rings is 1. The first-order chi connectivity index (χ1) is 12.0. The summed E-state index contributed by atoms with van der Waals surface area (Å²) in [6.07, 6.45) is -1.19. The Morgan fingerprint density at radius 2 is 2.00 bits per heavy atom. The minimum absolute atomic E-state index is 0.0678. The average molecular weight is 387 g/mol. The highest BCUT2D eigenvalue weighted by Gasteiger charge is 2.36. The molecule has 1 aliphatic heterocycles. The fourth-order valence-electron chi connectivity index (χ4n) is 2.59. The number of aromatic nitrogens is 2. The van der Waals surface area contributed by atoms with Gasteiger partial charge in [-0.2, -0.15) is 0 Å². The van der Waals surface area contributed by atoms with Crippen molar-refractivity contribution in [1.82, 2.24) is 14.9 Å². The molecule has 2 atom stereocenters. The Kier molecular flexibility index (Phi) is 6.02. The zero-order valence-corrected chi connectivity index (χ0v) is 15.6. The maximum atomic E-state index is 12.0. The molecule has 1 saturated heterocycles. The van der Waals surface area contributed by atoms with Gasteiger partial charge in [0.1, 0.15) is 17.6 Å². The number of aliphatic hydroxyl groups is 1. The van der Waals surface area contributed by atoms with E-state index in [-0.39, 0.29) is 23.3 Å². The number of ether oxygens (including phenoxy) is 1. The third-order valence-electron chi connectivity index (χ3n) is 3.74. The van der Waals surface area contributed by atoms with E-state index in [0.29, 0.717) is 13.1 Å². The number of hydrogen-bond acceptors (Lipinski definition) is 8. The molecule has 2 heterocycles. The molecule has 0 aromatic carbocycles. The van der Waals surface area contributed by atoms with Crippen LogP contribution >= 0.6 is 11.6 Å². The maximum Gasteiger partial charge on any atom is 0.267 e. The second-order valence-corrected chi connectivity index (χ2v) is 7.25. The molecule has 0 aliphatic carbocycles. The molecule has 0 radical (unpaired) electrons. The van der Waals surface area contributed by atoms with Crippen LogP contribution in [-0.2, 0) is 9.53 Å². The summed E-state index contributed by atoms with van der Waals surface area (Å²) in [5, 5.41) is 10.1. The lowest BCUT2D eigenvalue weighted by Crippen LogP contribution is -2.61. The van der Waals surface area contributed by atoms with E-state index >= 15 is 0 Å². The molecule has 2 rings (SSSR count). The lowest BCUT2D eigenvalue weighted by atomic mass is 10.1. The summed E-state index contributed by atoms with van der Waals surface area (Å²) in [7, 11) is 0. The van der Waals surface area contributed by atoms with Crippen molar-refractivity contribution in [2.24, 2.45) is 11.5 Å². The van der Waals surface area contributed by atoms with Crippen LogP contribution in [0.3, 0.4) is 0 Å². The van der Waals surface area contributed by atoms with Crippen molar-refractivity contribution in [2.45, 2.75) is 38.8 Å². The first-order valence-corrected chi connectivity index (χ1v) is 8.36. The maximum absolute atomic E-state index is 12.0. The molecule has 1 aliphatic rings. The molecule has 0 spiro atoms. The third kappa shape index (κ3) is 5.01. The molecule has 2 amide bonds. The van der Waals surface area contributed by atoms with Crippen LogP contribution in [0.15, 0.2) is 6.07 Å². The first-order valence-electron chi connectivity index (χ1n) is 7.98. The standard InChI is InChI=1S/C15H23ClN6O4/c1-15(2,3)26-14(25)21-4-5-22(9(7-21)12(18)24)10-6-8(11(17)23)19-13(16)20-10/h6,9,14,25H,4-5,7H2,1-3H3,(H2,17,23)(H2,18,24). The Bertz CT molecular complexity index is 695. The zero-order chi connectivity index (χ0) is 19.6. The number of carbonyl (C=O) groups excluding carboxylic acids is 2. The summed E-state index contributed by atoms with van der Waals surface area (Å²) < 4.78 is 5.52. The summed E-state index contributed by atoms with van der Waals surface area (Å²) in [6.45, 7) is 6.21. The van der Waals surface area contributed by atoms with Crippen LogP contribution in [0.2, 0.25) is 5.28 Å². The highest BCUT2D eigenvalue weighted by molar-refractivity contribution is 6.28. The highest BCUT2D eigenvalue weighted by atomic mass is 35.5. The lowest BCUT2D eigenvalue weighted by Gasteiger charge is -2.43. The van der Waals surface area contributed by atoms with Crippen LogP contribution in [0.5, 0.6) is 0 Å². The number of halogens is 1. The van der Waals surface area contributed by atoms with E-state index in [1.165, 1.54) is 6.07 Å². The molecule has 11 heteroatoms. The van der Waals surface area contributed by atoms with Crippen molar-refractivity contribution >= 4 is 29.2 Å². The van der Waals surface area contributed by atoms with Crippen LogP contribution in [0.4, 0.5) is 5.82 Å². The van der Waals surface area contributed by atoms with E-state index < -0.39 is 29.9 Å². The number of nitrogens with zero attached hydrogens (tertiary/aromatic N) is 4. The van der Waals surface area contributed by atoms with Gasteiger partial charge < -0.3 is 26.2 Å². The van der Waals surface area contributed by atoms with Gasteiger partial charge in [0.2, 0.25) is 17.6 Å². The molecular formula is C15H23ClN6O4. The Hall–Kier alpha value is -2.01. The van der Waals surface area contributed by atoms with Gasteiger partial charge >= 0.3 is 0 Å². The van der Waals surface area contributed by atoms with Gasteiger partial charge in [0.15, 0.2) is 0 Å². The van der Waals surface area contributed by atoms with E-state index in [4.69, 9.17) is 27.8 Å². The van der Waals surface area contributed by atoms with Crippen molar-refractivity contribution in [2.75, 3.05) is 24.5 Å². The quantitative estimate of drug-likeness (QED) is 0.444. The summed E-state index contributed by atoms with van der Waals surface area (Å²) >= 11 is 5.85. The van der Waals surface area contributed by atoms with Crippen molar-refractivity contribution < 1.29 is 19.4 Å². The third-order valence-corrected chi connectivity index (χ3v) is 3.91. The first kappa shape index (κ1) is 20.3. The minimum Gasteiger partial charge on any atom is -0.368 e. The molecule has 0 bridgehead atoms. The predicted molar refractivity (Wildman–Crippen MR) is 94.3 cm³/mol. The fraction of sp³-hybridized carbons (Fsp3) is 0.600. The molecule has 1 aromatic heterocycles. The minimum atomic E-state index is -1.19. The monoisotopic (exact) mass is 386 g/mol. The molecule has 26 heavy (non-hydrogen) atoms. The number of amides is 2. The van der Waals surface area contributed by atoms with Crippen LogP contribution in [0.25, 0.3) is 0 Å². The van der Waals surface area contributed by atoms with E-state index in [1.807, 2.05) is 20.8 Å². The summed E-state index contributed by atoms with van der Waals surface area (Å²) in [4.78, 5) is 34.3. The Labute approximate surface area is 156 Å². The van der Waals surface area contributed by atoms with Gasteiger partial charge in [-0.25, -0.2) is 9.97 Å². The number of nitrogens with two attached hydrogens (primary N) is 2. The Morgan fingerprint density at radius 3 is 2.54 bits per heavy atom. The number of anilines is 1. The van der Waals surface area contributed by atoms with Crippen LogP contribution in [-0.4, -0.2) is 69.5 Å². The van der Waals surface area contributed by atoms with Crippen molar-refractivity contribution in [3.8, 4) is 0 Å². The van der Waals surface area contributed by atoms with Crippen LogP contribution in [0, 0.1) is 0 Å². The predicted octanol–water partition coefficient (Wildman–Crippen LogP) is -0.704. The molecule has 10 nitrogen and oxygen atoms in total. The molecule has 144 valence electrons. The van der Waals surface area contributed by atoms with Crippen LogP contribution < -0.4 is 16.4 Å². The summed E-state index contributed by atoms with van der Waals surface area (Å²) in [5.41, 5.74) is 10.1. The lowest BCUT2D eigenvalue weighted by molar-refractivity contribution is -0.241. The zero-order valence-electron chi connectivity index (χ0n) is 14.8. The number of carbonyl (C=O) groups is 2. The van der Waals surface area contributed by atoms with Gasteiger partial charge in [-0.3, -0.25) is 14.5 Å². The highest BCUT2D eigenvalue weighted by Crippen LogP contribution is 2.23. The number of rotatable bonds is 5. The van der Waals surface area contributed by atoms with Gasteiger partial charge in [-0.1, -0.05) is 0 Å². The van der Waals surface area contributed by atoms with E-state index in [1.54, 1.807) is 9.80 Å². The second kappa shape index (κ2) is 7.70. The van der Waals surface area contributed by atoms with Gasteiger partial charge in [-0.15, -0.1) is 0 Å². The van der Waals surface area contributed by atoms with Crippen molar-refractivity contribution in [3.63, 3.8) is 0 Å². The van der Waals surface area contributed by atoms with Gasteiger partial charge in [0, 0.05) is 25.7 Å². The largest absolute Gasteiger partial charge is 0.368 e. The summed E-state index contributed by atoms with van der Waals surface area (Å²) in [6, 6.07) is 0.538. The number of aliphatic hydroxyl groups excluding tert-OH is 1. The Morgan fingerprint density at radius 1 is 1.35 bits per heavy atom. The molecule has 1 fully saturated rings. The van der Waals surface area contributed by atoms with E-state index in [0.717, 1.165) is 0 Å². The number of primary amides is 2. The topological polar surface area (TPSA) is 148 Å². The summed E-state index contributed by atoms with van der Waals surface area (Å²) in [5.74, 6) is -1.12. The molecule has 2 unspecified atom stereocenters. The Balaban J connectivity index is 2.24. The molecule has 1 aromatic rings. The second-order valence-electron chi connectivity index (χ2n) is 6.91. The van der Waals surface area contributed by atoms with Crippen molar-refractivity contribution in [1.29, 1.82) is 0 Å². The SMILES string of the molecule is CC(C)(C)OC(O)N1CCN(c2cc(C(N)=O)nc(Cl)n2)C(C(N)=O)C1. The average Bonchev–Trinajstić information content (AvgIpc) is 2.51. The molecular weight excluding hydrogens is 364 g/mol. The van der Waals surface area contributed by atoms with Gasteiger partial charge in [0.05, 0.1) is 5.60 Å². The van der Waals surface area contributed by atoms with E-state index in [9.17, 15) is 14.7 Å². The molecule has 0 saturated carbocycles. The fourth-order valence-corrected chi connectivity index (χ4v) is 2.77. The smallest absolute Gasteiger partial charge is 0.267 e. The van der Waals surface area contributed by atoms with Crippen LogP contribution in [0.1, 0.15) is 31.3 Å². The van der Waals surface area contributed by atoms with E-state index in [2.05, 4.69) is 9.97 Å².